The lowest BCUT2D eigenvalue weighted by molar-refractivity contribution is -0.120. The van der Waals surface area contributed by atoms with E-state index >= 15 is 0 Å². The zero-order valence-corrected chi connectivity index (χ0v) is 19.2. The van der Waals surface area contributed by atoms with Crippen molar-refractivity contribution in [2.45, 2.75) is 11.8 Å². The maximum atomic E-state index is 12.9. The van der Waals surface area contributed by atoms with Crippen LogP contribution in [0.5, 0.6) is 0 Å². The van der Waals surface area contributed by atoms with Gasteiger partial charge in [0.25, 0.3) is 21.8 Å². The zero-order chi connectivity index (χ0) is 23.8. The first-order valence-corrected chi connectivity index (χ1v) is 11.6. The van der Waals surface area contributed by atoms with Gasteiger partial charge in [-0.25, -0.2) is 28.0 Å². The normalized spacial score (nSPS) is 14.1. The molecule has 0 atom stereocenters. The second-order valence-electron chi connectivity index (χ2n) is 6.89. The number of hydrogen-bond donors (Lipinski definition) is 2. The molecule has 2 N–H and O–H groups in total. The van der Waals surface area contributed by atoms with Gasteiger partial charge in [0.1, 0.15) is 10.7 Å². The first-order valence-electron chi connectivity index (χ1n) is 9.39. The van der Waals surface area contributed by atoms with E-state index in [-0.39, 0.29) is 21.6 Å². The highest BCUT2D eigenvalue weighted by Crippen LogP contribution is 2.33. The van der Waals surface area contributed by atoms with E-state index in [4.69, 9.17) is 23.2 Å². The molecule has 33 heavy (non-hydrogen) atoms. The first kappa shape index (κ1) is 22.7. The van der Waals surface area contributed by atoms with Crippen molar-refractivity contribution >= 4 is 62.4 Å². The van der Waals surface area contributed by atoms with E-state index in [9.17, 15) is 18.0 Å². The standard InChI is InChI=1S/C21H15Cl2N5O4S/c1-12-11-13(22)3-8-16(12)28-19(29)17(23)18(20(28)30)26-14-4-6-15(7-5-14)33(31,32)27-21-24-9-2-10-25-21/h2-11,26H,1H3,(H,24,25,27). The maximum absolute atomic E-state index is 12.9. The molecule has 2 aromatic carbocycles. The highest BCUT2D eigenvalue weighted by atomic mass is 35.5. The van der Waals surface area contributed by atoms with Crippen LogP contribution in [0.3, 0.4) is 0 Å². The predicted octanol–water partition coefficient (Wildman–Crippen LogP) is 3.67. The van der Waals surface area contributed by atoms with Gasteiger partial charge >= 0.3 is 0 Å². The summed E-state index contributed by atoms with van der Waals surface area (Å²) < 4.78 is 27.3. The van der Waals surface area contributed by atoms with Crippen molar-refractivity contribution in [1.82, 2.24) is 9.97 Å². The minimum atomic E-state index is -3.92. The molecule has 0 unspecified atom stereocenters. The molecule has 0 spiro atoms. The van der Waals surface area contributed by atoms with E-state index < -0.39 is 21.8 Å². The summed E-state index contributed by atoms with van der Waals surface area (Å²) in [6.45, 7) is 1.72. The molecule has 0 radical (unpaired) electrons. The van der Waals surface area contributed by atoms with Gasteiger partial charge < -0.3 is 5.32 Å². The zero-order valence-electron chi connectivity index (χ0n) is 16.9. The maximum Gasteiger partial charge on any atom is 0.283 e. The number of sulfonamides is 1. The monoisotopic (exact) mass is 503 g/mol. The van der Waals surface area contributed by atoms with Gasteiger partial charge in [-0.05, 0) is 61.0 Å². The van der Waals surface area contributed by atoms with Crippen LogP contribution in [-0.4, -0.2) is 30.2 Å². The van der Waals surface area contributed by atoms with Gasteiger partial charge in [0.15, 0.2) is 0 Å². The lowest BCUT2D eigenvalue weighted by Gasteiger charge is -2.17. The summed E-state index contributed by atoms with van der Waals surface area (Å²) in [5.41, 5.74) is 1.22. The molecule has 3 aromatic rings. The number of halogens is 2. The van der Waals surface area contributed by atoms with Gasteiger partial charge in [0, 0.05) is 23.1 Å². The smallest absolute Gasteiger partial charge is 0.283 e. The van der Waals surface area contributed by atoms with Crippen LogP contribution in [0.2, 0.25) is 5.02 Å². The number of imide groups is 1. The molecular formula is C21H15Cl2N5O4S. The van der Waals surface area contributed by atoms with Crippen LogP contribution in [0.25, 0.3) is 0 Å². The molecule has 9 nitrogen and oxygen atoms in total. The molecule has 4 rings (SSSR count). The molecule has 1 aliphatic heterocycles. The lowest BCUT2D eigenvalue weighted by Crippen LogP contribution is -2.32. The second kappa shape index (κ2) is 8.81. The second-order valence-corrected chi connectivity index (χ2v) is 9.39. The number of aromatic nitrogens is 2. The summed E-state index contributed by atoms with van der Waals surface area (Å²) in [6, 6.07) is 11.8. The summed E-state index contributed by atoms with van der Waals surface area (Å²) >= 11 is 12.1. The van der Waals surface area contributed by atoms with Crippen molar-refractivity contribution in [2.75, 3.05) is 14.9 Å². The number of anilines is 3. The van der Waals surface area contributed by atoms with Crippen LogP contribution >= 0.6 is 23.2 Å². The van der Waals surface area contributed by atoms with Crippen LogP contribution in [0.15, 0.2) is 76.5 Å². The number of aryl methyl sites for hydroxylation is 1. The molecule has 2 heterocycles. The molecule has 0 fully saturated rings. The lowest BCUT2D eigenvalue weighted by atomic mass is 10.2. The Bertz CT molecular complexity index is 1390. The Hall–Kier alpha value is -3.47. The Morgan fingerprint density at radius 2 is 1.61 bits per heavy atom. The molecule has 0 saturated carbocycles. The number of rotatable bonds is 6. The molecule has 12 heteroatoms. The third-order valence-corrected chi connectivity index (χ3v) is 6.58. The minimum Gasteiger partial charge on any atom is -0.350 e. The summed E-state index contributed by atoms with van der Waals surface area (Å²) in [4.78, 5) is 34.2. The van der Waals surface area contributed by atoms with Crippen LogP contribution in [0.4, 0.5) is 17.3 Å². The number of nitrogens with one attached hydrogen (secondary N) is 2. The Labute approximate surface area is 199 Å². The van der Waals surface area contributed by atoms with E-state index in [1.165, 1.54) is 36.7 Å². The Balaban J connectivity index is 1.54. The van der Waals surface area contributed by atoms with Gasteiger partial charge in [0.2, 0.25) is 5.95 Å². The van der Waals surface area contributed by atoms with Crippen molar-refractivity contribution in [1.29, 1.82) is 0 Å². The number of benzene rings is 2. The molecule has 0 saturated heterocycles. The van der Waals surface area contributed by atoms with E-state index in [1.807, 2.05) is 0 Å². The van der Waals surface area contributed by atoms with E-state index in [1.54, 1.807) is 31.2 Å². The number of carbonyl (C=O) groups is 2. The van der Waals surface area contributed by atoms with Crippen LogP contribution in [0, 0.1) is 6.92 Å². The van der Waals surface area contributed by atoms with Gasteiger partial charge in [-0.15, -0.1) is 0 Å². The summed E-state index contributed by atoms with van der Waals surface area (Å²) in [5.74, 6) is -1.39. The molecule has 0 aliphatic carbocycles. The largest absolute Gasteiger partial charge is 0.350 e. The van der Waals surface area contributed by atoms with Gasteiger partial charge in [-0.2, -0.15) is 0 Å². The molecule has 2 amide bonds. The number of amides is 2. The van der Waals surface area contributed by atoms with Crippen LogP contribution in [-0.2, 0) is 19.6 Å². The topological polar surface area (TPSA) is 121 Å². The van der Waals surface area contributed by atoms with Crippen molar-refractivity contribution in [3.05, 3.63) is 82.2 Å². The number of carbonyl (C=O) groups excluding carboxylic acids is 2. The van der Waals surface area contributed by atoms with E-state index in [0.29, 0.717) is 22.0 Å². The molecule has 1 aliphatic rings. The number of nitrogens with zero attached hydrogens (tertiary/aromatic N) is 3. The summed E-state index contributed by atoms with van der Waals surface area (Å²) in [6.07, 6.45) is 2.81. The van der Waals surface area contributed by atoms with Gasteiger partial charge in [-0.3, -0.25) is 9.59 Å². The van der Waals surface area contributed by atoms with Crippen molar-refractivity contribution in [3.8, 4) is 0 Å². The van der Waals surface area contributed by atoms with E-state index in [0.717, 1.165) is 4.90 Å². The summed E-state index contributed by atoms with van der Waals surface area (Å²) in [5, 5.41) is 2.98. The highest BCUT2D eigenvalue weighted by molar-refractivity contribution is 7.92. The number of hydrogen-bond acceptors (Lipinski definition) is 7. The first-order chi connectivity index (χ1) is 15.7. The van der Waals surface area contributed by atoms with Gasteiger partial charge in [0.05, 0.1) is 10.6 Å². The third kappa shape index (κ3) is 4.54. The minimum absolute atomic E-state index is 0.0483. The average molecular weight is 504 g/mol. The van der Waals surface area contributed by atoms with Crippen molar-refractivity contribution < 1.29 is 18.0 Å². The quantitative estimate of drug-likeness (QED) is 0.492. The van der Waals surface area contributed by atoms with Gasteiger partial charge in [-0.1, -0.05) is 23.2 Å². The fourth-order valence-electron chi connectivity index (χ4n) is 3.09. The Kier molecular flexibility index (Phi) is 6.07. The predicted molar refractivity (Wildman–Crippen MR) is 124 cm³/mol. The van der Waals surface area contributed by atoms with Crippen molar-refractivity contribution in [3.63, 3.8) is 0 Å². The fraction of sp³-hybridized carbons (Fsp3) is 0.0476. The van der Waals surface area contributed by atoms with Crippen LogP contribution in [0.1, 0.15) is 5.56 Å². The molecular weight excluding hydrogens is 489 g/mol. The fourth-order valence-corrected chi connectivity index (χ4v) is 4.49. The summed E-state index contributed by atoms with van der Waals surface area (Å²) in [7, 11) is -3.92. The SMILES string of the molecule is Cc1cc(Cl)ccc1N1C(=O)C(Cl)=C(Nc2ccc(S(=O)(=O)Nc3ncccn3)cc2)C1=O. The molecule has 1 aromatic heterocycles. The highest BCUT2D eigenvalue weighted by Gasteiger charge is 2.39. The Morgan fingerprint density at radius 3 is 2.24 bits per heavy atom. The van der Waals surface area contributed by atoms with Crippen molar-refractivity contribution in [2.24, 2.45) is 0 Å². The molecule has 168 valence electrons. The van der Waals surface area contributed by atoms with E-state index in [2.05, 4.69) is 20.0 Å². The third-order valence-electron chi connectivity index (χ3n) is 4.65. The average Bonchev–Trinajstić information content (AvgIpc) is 2.98. The van der Waals surface area contributed by atoms with Crippen LogP contribution < -0.4 is 14.9 Å². The molecule has 0 bridgehead atoms. The Morgan fingerprint density at radius 1 is 0.939 bits per heavy atom.